The summed E-state index contributed by atoms with van der Waals surface area (Å²) in [5.41, 5.74) is 0.149. The monoisotopic (exact) mass is 303 g/mol. The summed E-state index contributed by atoms with van der Waals surface area (Å²) in [7, 11) is 0. The summed E-state index contributed by atoms with van der Waals surface area (Å²) < 4.78 is 13.6. The molecule has 2 N–H and O–H groups in total. The van der Waals surface area contributed by atoms with E-state index in [1.165, 1.54) is 12.1 Å². The number of halogens is 2. The molecule has 0 aliphatic heterocycles. The van der Waals surface area contributed by atoms with Crippen molar-refractivity contribution in [1.82, 2.24) is 5.32 Å². The fourth-order valence-corrected chi connectivity index (χ4v) is 2.19. The molecule has 1 rings (SSSR count). The predicted molar refractivity (Wildman–Crippen MR) is 71.6 cm³/mol. The fraction of sp³-hybridized carbons (Fsp3) is 0.538. The largest absolute Gasteiger partial charge is 0.390 e. The van der Waals surface area contributed by atoms with Crippen LogP contribution in [0.1, 0.15) is 25.8 Å². The molecule has 0 spiro atoms. The zero-order valence-corrected chi connectivity index (χ0v) is 11.8. The molecule has 0 amide bonds. The molecule has 1 unspecified atom stereocenters. The molecular weight excluding hydrogens is 285 g/mol. The van der Waals surface area contributed by atoms with Crippen molar-refractivity contribution in [2.45, 2.75) is 32.3 Å². The number of rotatable bonds is 6. The van der Waals surface area contributed by atoms with Crippen molar-refractivity contribution in [2.24, 2.45) is 0 Å². The van der Waals surface area contributed by atoms with Crippen LogP contribution >= 0.6 is 15.9 Å². The minimum atomic E-state index is -0.775. The molecule has 0 aliphatic rings. The Hall–Kier alpha value is -0.450. The first-order valence-corrected chi connectivity index (χ1v) is 6.61. The van der Waals surface area contributed by atoms with Crippen LogP contribution in [0.5, 0.6) is 0 Å². The predicted octanol–water partition coefficient (Wildman–Crippen LogP) is 2.88. The van der Waals surface area contributed by atoms with Crippen molar-refractivity contribution in [1.29, 1.82) is 0 Å². The molecule has 2 nitrogen and oxygen atoms in total. The lowest BCUT2D eigenvalue weighted by Gasteiger charge is -2.24. The van der Waals surface area contributed by atoms with Gasteiger partial charge in [0, 0.05) is 10.9 Å². The number of benzene rings is 1. The second-order valence-corrected chi connectivity index (χ2v) is 5.37. The van der Waals surface area contributed by atoms with E-state index in [4.69, 9.17) is 0 Å². The fourth-order valence-electron chi connectivity index (χ4n) is 1.70. The van der Waals surface area contributed by atoms with Gasteiger partial charge in [-0.15, -0.1) is 0 Å². The molecule has 0 saturated carbocycles. The van der Waals surface area contributed by atoms with E-state index in [0.29, 0.717) is 17.3 Å². The van der Waals surface area contributed by atoms with Crippen molar-refractivity contribution >= 4 is 15.9 Å². The van der Waals surface area contributed by atoms with Gasteiger partial charge in [-0.05, 0) is 44.1 Å². The second-order valence-electron chi connectivity index (χ2n) is 4.51. The third kappa shape index (κ3) is 5.15. The Bertz CT molecular complexity index is 368. The molecule has 0 aliphatic carbocycles. The van der Waals surface area contributed by atoms with Crippen LogP contribution in [0.4, 0.5) is 4.39 Å². The summed E-state index contributed by atoms with van der Waals surface area (Å²) in [4.78, 5) is 0. The molecule has 0 heterocycles. The lowest BCUT2D eigenvalue weighted by molar-refractivity contribution is 0.0515. The van der Waals surface area contributed by atoms with E-state index in [2.05, 4.69) is 21.2 Å². The van der Waals surface area contributed by atoms with Crippen LogP contribution in [0.25, 0.3) is 0 Å². The lowest BCUT2D eigenvalue weighted by atomic mass is 9.93. The van der Waals surface area contributed by atoms with E-state index in [-0.39, 0.29) is 5.82 Å². The van der Waals surface area contributed by atoms with Crippen molar-refractivity contribution in [3.05, 3.63) is 34.1 Å². The van der Waals surface area contributed by atoms with E-state index in [0.717, 1.165) is 18.7 Å². The Morgan fingerprint density at radius 3 is 2.76 bits per heavy atom. The normalized spacial score (nSPS) is 14.6. The van der Waals surface area contributed by atoms with Crippen LogP contribution < -0.4 is 5.32 Å². The van der Waals surface area contributed by atoms with Gasteiger partial charge in [-0.3, -0.25) is 0 Å². The maximum atomic E-state index is 12.9. The molecule has 0 bridgehead atoms. The van der Waals surface area contributed by atoms with Crippen LogP contribution in [0.3, 0.4) is 0 Å². The van der Waals surface area contributed by atoms with E-state index in [1.54, 1.807) is 13.0 Å². The highest BCUT2D eigenvalue weighted by Crippen LogP contribution is 2.24. The van der Waals surface area contributed by atoms with Crippen molar-refractivity contribution < 1.29 is 9.50 Å². The summed E-state index contributed by atoms with van der Waals surface area (Å²) in [6, 6.07) is 4.55. The Balaban J connectivity index is 2.62. The molecule has 96 valence electrons. The molecule has 0 fully saturated rings. The van der Waals surface area contributed by atoms with Crippen molar-refractivity contribution in [3.8, 4) is 0 Å². The molecule has 0 saturated heterocycles. The second kappa shape index (κ2) is 6.47. The van der Waals surface area contributed by atoms with E-state index in [9.17, 15) is 9.50 Å². The highest BCUT2D eigenvalue weighted by atomic mass is 79.9. The highest BCUT2D eigenvalue weighted by molar-refractivity contribution is 9.10. The van der Waals surface area contributed by atoms with Gasteiger partial charge in [-0.25, -0.2) is 4.39 Å². The molecule has 0 aromatic heterocycles. The first kappa shape index (κ1) is 14.6. The average molecular weight is 304 g/mol. The van der Waals surface area contributed by atoms with Gasteiger partial charge >= 0.3 is 0 Å². The SMILES string of the molecule is CCNCCC(C)(O)Cc1ccc(F)cc1Br. The zero-order chi connectivity index (χ0) is 12.9. The molecule has 4 heteroatoms. The van der Waals surface area contributed by atoms with Crippen LogP contribution in [0.15, 0.2) is 22.7 Å². The van der Waals surface area contributed by atoms with Crippen molar-refractivity contribution in [2.75, 3.05) is 13.1 Å². The number of hydrogen-bond acceptors (Lipinski definition) is 2. The van der Waals surface area contributed by atoms with Crippen LogP contribution in [-0.2, 0) is 6.42 Å². The molecular formula is C13H19BrFNO. The van der Waals surface area contributed by atoms with Gasteiger partial charge in [0.25, 0.3) is 0 Å². The van der Waals surface area contributed by atoms with E-state index in [1.807, 2.05) is 6.92 Å². The van der Waals surface area contributed by atoms with E-state index < -0.39 is 5.60 Å². The smallest absolute Gasteiger partial charge is 0.124 e. The van der Waals surface area contributed by atoms with Gasteiger partial charge < -0.3 is 10.4 Å². The minimum Gasteiger partial charge on any atom is -0.390 e. The maximum absolute atomic E-state index is 12.9. The third-order valence-corrected chi connectivity index (χ3v) is 3.41. The van der Waals surface area contributed by atoms with Gasteiger partial charge in [0.1, 0.15) is 5.82 Å². The van der Waals surface area contributed by atoms with Crippen molar-refractivity contribution in [3.63, 3.8) is 0 Å². The highest BCUT2D eigenvalue weighted by Gasteiger charge is 2.21. The Morgan fingerprint density at radius 1 is 1.47 bits per heavy atom. The first-order valence-electron chi connectivity index (χ1n) is 5.81. The molecule has 1 aromatic carbocycles. The van der Waals surface area contributed by atoms with Crippen LogP contribution in [0.2, 0.25) is 0 Å². The van der Waals surface area contributed by atoms with Gasteiger partial charge in [0.05, 0.1) is 5.60 Å². The van der Waals surface area contributed by atoms with Crippen LogP contribution in [0, 0.1) is 5.82 Å². The Labute approximate surface area is 110 Å². The van der Waals surface area contributed by atoms with Gasteiger partial charge in [-0.1, -0.05) is 28.9 Å². The van der Waals surface area contributed by atoms with Gasteiger partial charge in [0.15, 0.2) is 0 Å². The molecule has 17 heavy (non-hydrogen) atoms. The van der Waals surface area contributed by atoms with Crippen LogP contribution in [-0.4, -0.2) is 23.8 Å². The number of nitrogens with one attached hydrogen (secondary N) is 1. The lowest BCUT2D eigenvalue weighted by Crippen LogP contribution is -2.32. The Morgan fingerprint density at radius 2 is 2.18 bits per heavy atom. The maximum Gasteiger partial charge on any atom is 0.124 e. The molecule has 0 radical (unpaired) electrons. The quantitative estimate of drug-likeness (QED) is 0.792. The summed E-state index contributed by atoms with van der Waals surface area (Å²) >= 11 is 3.31. The molecule has 1 atom stereocenters. The average Bonchev–Trinajstić information content (AvgIpc) is 2.22. The standard InChI is InChI=1S/C13H19BrFNO/c1-3-16-7-6-13(2,17)9-10-4-5-11(15)8-12(10)14/h4-5,8,16-17H,3,6-7,9H2,1-2H3. The molecule has 1 aromatic rings. The van der Waals surface area contributed by atoms with Gasteiger partial charge in [0.2, 0.25) is 0 Å². The first-order chi connectivity index (χ1) is 7.94. The Kier molecular flexibility index (Phi) is 5.56. The summed E-state index contributed by atoms with van der Waals surface area (Å²) in [6.45, 7) is 5.52. The number of aliphatic hydroxyl groups is 1. The van der Waals surface area contributed by atoms with Gasteiger partial charge in [-0.2, -0.15) is 0 Å². The third-order valence-electron chi connectivity index (χ3n) is 2.68. The summed E-state index contributed by atoms with van der Waals surface area (Å²) in [5.74, 6) is -0.270. The minimum absolute atomic E-state index is 0.270. The zero-order valence-electron chi connectivity index (χ0n) is 10.3. The number of hydrogen-bond donors (Lipinski definition) is 2. The summed E-state index contributed by atoms with van der Waals surface area (Å²) in [6.07, 6.45) is 1.18. The summed E-state index contributed by atoms with van der Waals surface area (Å²) in [5, 5.41) is 13.4. The topological polar surface area (TPSA) is 32.3 Å². The van der Waals surface area contributed by atoms with E-state index >= 15 is 0 Å².